The van der Waals surface area contributed by atoms with Crippen molar-refractivity contribution >= 4 is 5.97 Å². The molecule has 2 aliphatic carbocycles. The van der Waals surface area contributed by atoms with Crippen molar-refractivity contribution in [2.24, 2.45) is 11.8 Å². The molecule has 16 heavy (non-hydrogen) atoms. The molecule has 0 aliphatic heterocycles. The third-order valence-corrected chi connectivity index (χ3v) is 3.61. The van der Waals surface area contributed by atoms with Gasteiger partial charge in [0, 0.05) is 6.54 Å². The molecule has 0 aromatic heterocycles. The van der Waals surface area contributed by atoms with Crippen molar-refractivity contribution in [1.29, 1.82) is 0 Å². The second-order valence-corrected chi connectivity index (χ2v) is 5.24. The highest BCUT2D eigenvalue weighted by Gasteiger charge is 2.42. The van der Waals surface area contributed by atoms with Gasteiger partial charge < -0.3 is 4.74 Å². The quantitative estimate of drug-likeness (QED) is 0.621. The average Bonchev–Trinajstić information content (AvgIpc) is 3.11. The predicted octanol–water partition coefficient (Wildman–Crippen LogP) is 2.06. The Labute approximate surface area is 98.1 Å². The number of ether oxygens (including phenoxy) is 1. The van der Waals surface area contributed by atoms with Gasteiger partial charge in [-0.2, -0.15) is 0 Å². The Morgan fingerprint density at radius 3 is 2.50 bits per heavy atom. The molecule has 2 saturated carbocycles. The summed E-state index contributed by atoms with van der Waals surface area (Å²) >= 11 is 0. The normalized spacial score (nSPS) is 22.2. The number of esters is 1. The first-order valence-corrected chi connectivity index (χ1v) is 6.58. The van der Waals surface area contributed by atoms with Gasteiger partial charge in [-0.1, -0.05) is 6.92 Å². The van der Waals surface area contributed by atoms with Crippen LogP contribution < -0.4 is 0 Å². The zero-order valence-corrected chi connectivity index (χ0v) is 10.4. The number of carbonyl (C=O) groups is 1. The topological polar surface area (TPSA) is 29.5 Å². The van der Waals surface area contributed by atoms with E-state index in [1.54, 1.807) is 0 Å². The van der Waals surface area contributed by atoms with E-state index in [4.69, 9.17) is 4.74 Å². The van der Waals surface area contributed by atoms with E-state index in [9.17, 15) is 4.79 Å². The van der Waals surface area contributed by atoms with Crippen molar-refractivity contribution < 1.29 is 9.53 Å². The van der Waals surface area contributed by atoms with Crippen molar-refractivity contribution in [3.05, 3.63) is 0 Å². The maximum atomic E-state index is 11.8. The van der Waals surface area contributed by atoms with Crippen LogP contribution in [0.2, 0.25) is 0 Å². The molecule has 0 heterocycles. The van der Waals surface area contributed by atoms with Gasteiger partial charge in [0.25, 0.3) is 0 Å². The molecule has 0 amide bonds. The summed E-state index contributed by atoms with van der Waals surface area (Å²) in [7, 11) is 1.51. The van der Waals surface area contributed by atoms with E-state index in [0.29, 0.717) is 5.92 Å². The van der Waals surface area contributed by atoms with E-state index in [1.165, 1.54) is 32.8 Å². The van der Waals surface area contributed by atoms with Crippen LogP contribution in [0.4, 0.5) is 0 Å². The van der Waals surface area contributed by atoms with E-state index in [-0.39, 0.29) is 12.0 Å². The lowest BCUT2D eigenvalue weighted by molar-refractivity contribution is -0.148. The first-order valence-electron chi connectivity index (χ1n) is 6.58. The molecular weight excluding hydrogens is 202 g/mol. The second kappa shape index (κ2) is 5.17. The number of nitrogens with zero attached hydrogens (tertiary/aromatic N) is 1. The first kappa shape index (κ1) is 11.9. The Kier molecular flexibility index (Phi) is 3.85. The largest absolute Gasteiger partial charge is 0.468 e. The summed E-state index contributed by atoms with van der Waals surface area (Å²) in [5.41, 5.74) is 0. The Balaban J connectivity index is 1.97. The maximum Gasteiger partial charge on any atom is 0.323 e. The Hall–Kier alpha value is -0.570. The van der Waals surface area contributed by atoms with Crippen LogP contribution in [0.1, 0.15) is 39.0 Å². The standard InChI is InChI=1S/C13H23NO2/c1-3-8-14(9-10-4-5-10)12(11-6-7-11)13(15)16-2/h10-12H,3-9H2,1-2H3. The lowest BCUT2D eigenvalue weighted by atomic mass is 10.1. The average molecular weight is 225 g/mol. The van der Waals surface area contributed by atoms with Crippen LogP contribution in [-0.2, 0) is 9.53 Å². The highest BCUT2D eigenvalue weighted by atomic mass is 16.5. The summed E-state index contributed by atoms with van der Waals surface area (Å²) < 4.78 is 4.96. The SMILES string of the molecule is CCCN(CC1CC1)C(C(=O)OC)C1CC1. The molecule has 0 bridgehead atoms. The molecule has 1 unspecified atom stereocenters. The first-order chi connectivity index (χ1) is 7.76. The van der Waals surface area contributed by atoms with Crippen LogP contribution in [0.5, 0.6) is 0 Å². The van der Waals surface area contributed by atoms with Gasteiger partial charge in [-0.15, -0.1) is 0 Å². The maximum absolute atomic E-state index is 11.8. The number of rotatable bonds is 7. The van der Waals surface area contributed by atoms with Gasteiger partial charge in [0.1, 0.15) is 6.04 Å². The number of methoxy groups -OCH3 is 1. The predicted molar refractivity (Wildman–Crippen MR) is 63.1 cm³/mol. The molecular formula is C13H23NO2. The summed E-state index contributed by atoms with van der Waals surface area (Å²) in [4.78, 5) is 14.2. The molecule has 2 aliphatic rings. The fourth-order valence-corrected chi connectivity index (χ4v) is 2.44. The fourth-order valence-electron chi connectivity index (χ4n) is 2.44. The summed E-state index contributed by atoms with van der Waals surface area (Å²) in [6.45, 7) is 4.32. The van der Waals surface area contributed by atoms with Crippen LogP contribution >= 0.6 is 0 Å². The molecule has 0 saturated heterocycles. The number of hydrogen-bond acceptors (Lipinski definition) is 3. The lowest BCUT2D eigenvalue weighted by Gasteiger charge is -2.29. The highest BCUT2D eigenvalue weighted by Crippen LogP contribution is 2.38. The van der Waals surface area contributed by atoms with Crippen LogP contribution in [0.15, 0.2) is 0 Å². The Bertz CT molecular complexity index is 246. The van der Waals surface area contributed by atoms with E-state index in [2.05, 4.69) is 11.8 Å². The number of carbonyl (C=O) groups excluding carboxylic acids is 1. The van der Waals surface area contributed by atoms with Crippen molar-refractivity contribution in [2.45, 2.75) is 45.1 Å². The van der Waals surface area contributed by atoms with Gasteiger partial charge in [-0.25, -0.2) is 0 Å². The molecule has 0 radical (unpaired) electrons. The van der Waals surface area contributed by atoms with Gasteiger partial charge in [-0.3, -0.25) is 9.69 Å². The molecule has 3 heteroatoms. The van der Waals surface area contributed by atoms with Crippen LogP contribution in [0.3, 0.4) is 0 Å². The Morgan fingerprint density at radius 2 is 2.06 bits per heavy atom. The highest BCUT2D eigenvalue weighted by molar-refractivity contribution is 5.76. The van der Waals surface area contributed by atoms with Gasteiger partial charge in [0.05, 0.1) is 7.11 Å². The van der Waals surface area contributed by atoms with Crippen molar-refractivity contribution in [1.82, 2.24) is 4.90 Å². The minimum Gasteiger partial charge on any atom is -0.468 e. The summed E-state index contributed by atoms with van der Waals surface area (Å²) in [6.07, 6.45) is 6.21. The minimum atomic E-state index is -0.0170. The van der Waals surface area contributed by atoms with Gasteiger partial charge >= 0.3 is 5.97 Å². The van der Waals surface area contributed by atoms with Gasteiger partial charge in [-0.05, 0) is 50.5 Å². The van der Waals surface area contributed by atoms with Crippen molar-refractivity contribution in [3.63, 3.8) is 0 Å². The van der Waals surface area contributed by atoms with E-state index >= 15 is 0 Å². The van der Waals surface area contributed by atoms with Gasteiger partial charge in [0.2, 0.25) is 0 Å². The van der Waals surface area contributed by atoms with E-state index < -0.39 is 0 Å². The molecule has 0 aromatic rings. The molecule has 0 spiro atoms. The van der Waals surface area contributed by atoms with Crippen molar-refractivity contribution in [3.8, 4) is 0 Å². The summed E-state index contributed by atoms with van der Waals surface area (Å²) in [5.74, 6) is 1.40. The molecule has 0 N–H and O–H groups in total. The molecule has 2 rings (SSSR count). The molecule has 0 aromatic carbocycles. The van der Waals surface area contributed by atoms with Crippen LogP contribution in [-0.4, -0.2) is 37.1 Å². The monoisotopic (exact) mass is 225 g/mol. The Morgan fingerprint density at radius 1 is 1.38 bits per heavy atom. The van der Waals surface area contributed by atoms with E-state index in [0.717, 1.165) is 25.4 Å². The smallest absolute Gasteiger partial charge is 0.323 e. The minimum absolute atomic E-state index is 0.0170. The molecule has 1 atom stereocenters. The summed E-state index contributed by atoms with van der Waals surface area (Å²) in [5, 5.41) is 0. The second-order valence-electron chi connectivity index (χ2n) is 5.24. The van der Waals surface area contributed by atoms with E-state index in [1.807, 2.05) is 0 Å². The van der Waals surface area contributed by atoms with Crippen LogP contribution in [0.25, 0.3) is 0 Å². The molecule has 92 valence electrons. The third kappa shape index (κ3) is 2.97. The van der Waals surface area contributed by atoms with Gasteiger partial charge in [0.15, 0.2) is 0 Å². The lowest BCUT2D eigenvalue weighted by Crippen LogP contribution is -2.45. The third-order valence-electron chi connectivity index (χ3n) is 3.61. The number of hydrogen-bond donors (Lipinski definition) is 0. The van der Waals surface area contributed by atoms with Crippen molar-refractivity contribution in [2.75, 3.05) is 20.2 Å². The summed E-state index contributed by atoms with van der Waals surface area (Å²) in [6, 6.07) is 0.0468. The molecule has 2 fully saturated rings. The fraction of sp³-hybridized carbons (Fsp3) is 0.923. The zero-order valence-electron chi connectivity index (χ0n) is 10.4. The molecule has 3 nitrogen and oxygen atoms in total. The zero-order chi connectivity index (χ0) is 11.5. The van der Waals surface area contributed by atoms with Crippen LogP contribution in [0, 0.1) is 11.8 Å².